The van der Waals surface area contributed by atoms with E-state index in [9.17, 15) is 24.0 Å². The van der Waals surface area contributed by atoms with Crippen LogP contribution in [0.4, 0.5) is 0 Å². The maximum Gasteiger partial charge on any atom is 1.00 e. The molecule has 0 fully saturated rings. The van der Waals surface area contributed by atoms with E-state index < -0.39 is 24.1 Å². The summed E-state index contributed by atoms with van der Waals surface area (Å²) >= 11 is 0. The maximum absolute atomic E-state index is 12.8. The summed E-state index contributed by atoms with van der Waals surface area (Å²) in [5.41, 5.74) is 5.00. The molecule has 0 aliphatic rings. The van der Waals surface area contributed by atoms with Crippen molar-refractivity contribution in [3.05, 3.63) is 6.92 Å². The molecule has 0 spiro atoms. The van der Waals surface area contributed by atoms with Gasteiger partial charge in [0.25, 0.3) is 0 Å². The summed E-state index contributed by atoms with van der Waals surface area (Å²) in [4.78, 5) is 58.0. The normalized spacial score (nSPS) is 11.2. The Hall–Kier alpha value is -1.69. The molecule has 1 atom stereocenters. The number of carboxylic acid groups (broad SMARTS) is 2. The van der Waals surface area contributed by atoms with Crippen LogP contribution in [0, 0.1) is 6.92 Å². The van der Waals surface area contributed by atoms with Gasteiger partial charge >= 0.3 is 59.4 Å². The molecule has 0 amide bonds. The molecule has 12 heteroatoms. The van der Waals surface area contributed by atoms with Crippen LogP contribution in [0.3, 0.4) is 0 Å². The first-order chi connectivity index (χ1) is 38.0. The third kappa shape index (κ3) is 76.3. The number of hydrogen-bond acceptors (Lipinski definition) is 9. The van der Waals surface area contributed by atoms with Crippen molar-refractivity contribution in [2.24, 2.45) is 5.73 Å². The van der Waals surface area contributed by atoms with Crippen molar-refractivity contribution >= 4 is 29.8 Å². The second kappa shape index (κ2) is 72.4. The van der Waals surface area contributed by atoms with E-state index in [0.717, 1.165) is 64.2 Å². The SMILES string of the molecule is CCCCCCCCCCCCCCCCCC(=O)OCC(COC(=O)CCCCCCCCCCCCCCCCC)OC(=O)CCCCCCCCCCCCCCCCC.NC(CCC(=O)O)C(=O)O.[CH2-]CCCC.[Na+]. The number of hydrogen-bond donors (Lipinski definition) is 3. The number of esters is 3. The Balaban J connectivity index is -0.00000152. The van der Waals surface area contributed by atoms with E-state index in [1.54, 1.807) is 0 Å². The second-order valence-electron chi connectivity index (χ2n) is 22.7. The monoisotopic (exact) mass is 1130 g/mol. The molecule has 0 heterocycles. The van der Waals surface area contributed by atoms with Crippen LogP contribution in [0.15, 0.2) is 0 Å². The number of nitrogens with two attached hydrogens (primary N) is 1. The molecular formula is C67H130NNaO10. The van der Waals surface area contributed by atoms with Crippen molar-refractivity contribution in [3.63, 3.8) is 0 Å². The third-order valence-electron chi connectivity index (χ3n) is 14.7. The molecule has 0 radical (unpaired) electrons. The Morgan fingerprint density at radius 3 is 0.785 bits per heavy atom. The van der Waals surface area contributed by atoms with Crippen molar-refractivity contribution < 1.29 is 78.0 Å². The summed E-state index contributed by atoms with van der Waals surface area (Å²) < 4.78 is 16.9. The Morgan fingerprint density at radius 1 is 0.354 bits per heavy atom. The quantitative estimate of drug-likeness (QED) is 0.0173. The molecule has 0 aromatic rings. The predicted molar refractivity (Wildman–Crippen MR) is 328 cm³/mol. The molecule has 1 unspecified atom stereocenters. The smallest absolute Gasteiger partial charge is 0.481 e. The van der Waals surface area contributed by atoms with Gasteiger partial charge in [0.05, 0.1) is 0 Å². The Bertz CT molecular complexity index is 1220. The van der Waals surface area contributed by atoms with Gasteiger partial charge in [0, 0.05) is 25.7 Å². The fraction of sp³-hybridized carbons (Fsp3) is 0.910. The molecule has 0 aromatic carbocycles. The van der Waals surface area contributed by atoms with Crippen molar-refractivity contribution in [3.8, 4) is 0 Å². The number of aliphatic carboxylic acids is 2. The Kier molecular flexibility index (Phi) is 76.8. The van der Waals surface area contributed by atoms with Crippen molar-refractivity contribution in [2.75, 3.05) is 13.2 Å². The first-order valence-electron chi connectivity index (χ1n) is 33.5. The standard InChI is InChI=1S/C57H110O6.C5H9NO4.C5H11.Na/c1-4-7-10-13-16-19-22-25-28-31-34-37-40-43-46-49-55(58)61-52-54(63-57(60)51-48-45-42-39-36-33-30-27-24-21-18-15-12-9-6-3)53-62-56(59)50-47-44-41-38-35-32-29-26-23-20-17-14-11-8-5-2;6-3(5(9)10)1-2-4(7)8;1-3-5-4-2;/h54H,4-53H2,1-3H3;3H,1-2,6H2,(H,7,8)(H,9,10);1,3-5H2,2H3;/q;;-1;+1. The zero-order chi connectivity index (χ0) is 58.1. The third-order valence-corrected chi connectivity index (χ3v) is 14.7. The van der Waals surface area contributed by atoms with E-state index >= 15 is 0 Å². The van der Waals surface area contributed by atoms with Crippen LogP contribution in [-0.2, 0) is 38.2 Å². The number of rotatable bonds is 59. The Morgan fingerprint density at radius 2 is 0.582 bits per heavy atom. The number of ether oxygens (including phenoxy) is 3. The summed E-state index contributed by atoms with van der Waals surface area (Å²) in [5.74, 6) is -3.03. The minimum Gasteiger partial charge on any atom is -0.481 e. The van der Waals surface area contributed by atoms with Gasteiger partial charge in [-0.3, -0.25) is 24.0 Å². The number of unbranched alkanes of at least 4 members (excludes halogenated alkanes) is 44. The number of carboxylic acids is 2. The first kappa shape index (κ1) is 83.8. The summed E-state index contributed by atoms with van der Waals surface area (Å²) in [5, 5.41) is 16.3. The molecule has 0 rings (SSSR count). The minimum atomic E-state index is -1.17. The average molecular weight is 1130 g/mol. The average Bonchev–Trinajstić information content (AvgIpc) is 3.42. The van der Waals surface area contributed by atoms with Crippen molar-refractivity contribution in [1.82, 2.24) is 0 Å². The molecular weight excluding hydrogens is 1000 g/mol. The van der Waals surface area contributed by atoms with Gasteiger partial charge in [-0.2, -0.15) is 6.42 Å². The molecule has 0 bridgehead atoms. The molecule has 79 heavy (non-hydrogen) atoms. The van der Waals surface area contributed by atoms with Crippen LogP contribution in [0.5, 0.6) is 0 Å². The van der Waals surface area contributed by atoms with Crippen LogP contribution in [0.25, 0.3) is 0 Å². The van der Waals surface area contributed by atoms with Gasteiger partial charge in [-0.25, -0.2) is 0 Å². The molecule has 0 aromatic heterocycles. The van der Waals surface area contributed by atoms with Crippen molar-refractivity contribution in [1.29, 1.82) is 0 Å². The number of carbonyl (C=O) groups is 5. The van der Waals surface area contributed by atoms with E-state index in [-0.39, 0.29) is 73.5 Å². The zero-order valence-corrected chi connectivity index (χ0v) is 55.0. The van der Waals surface area contributed by atoms with E-state index in [4.69, 9.17) is 30.2 Å². The summed E-state index contributed by atoms with van der Waals surface area (Å²) in [6.45, 7) is 12.6. The second-order valence-corrected chi connectivity index (χ2v) is 22.7. The fourth-order valence-electron chi connectivity index (χ4n) is 9.45. The number of carbonyl (C=O) groups excluding carboxylic acids is 3. The van der Waals surface area contributed by atoms with E-state index in [1.165, 1.54) is 244 Å². The summed E-state index contributed by atoms with van der Waals surface area (Å²) in [6, 6.07) is -1.06. The van der Waals surface area contributed by atoms with Crippen LogP contribution >= 0.6 is 0 Å². The van der Waals surface area contributed by atoms with E-state index in [0.29, 0.717) is 19.3 Å². The molecule has 0 saturated heterocycles. The summed E-state index contributed by atoms with van der Waals surface area (Å²) in [6.07, 6.45) is 61.4. The van der Waals surface area contributed by atoms with E-state index in [1.807, 2.05) is 0 Å². The fourth-order valence-corrected chi connectivity index (χ4v) is 9.45. The first-order valence-corrected chi connectivity index (χ1v) is 33.5. The van der Waals surface area contributed by atoms with Gasteiger partial charge in [-0.1, -0.05) is 310 Å². The summed E-state index contributed by atoms with van der Waals surface area (Å²) in [7, 11) is 0. The van der Waals surface area contributed by atoms with Crippen LogP contribution in [0.1, 0.15) is 368 Å². The van der Waals surface area contributed by atoms with Gasteiger partial charge < -0.3 is 37.1 Å². The molecule has 464 valence electrons. The predicted octanol–water partition coefficient (Wildman–Crippen LogP) is 17.0. The van der Waals surface area contributed by atoms with Crippen LogP contribution in [-0.4, -0.2) is 65.4 Å². The molecule has 11 nitrogen and oxygen atoms in total. The maximum atomic E-state index is 12.8. The molecule has 0 saturated carbocycles. The van der Waals surface area contributed by atoms with Gasteiger partial charge in [-0.15, -0.1) is 0 Å². The minimum absolute atomic E-state index is 0. The van der Waals surface area contributed by atoms with Crippen LogP contribution in [0.2, 0.25) is 0 Å². The Labute approximate surface area is 510 Å². The zero-order valence-electron chi connectivity index (χ0n) is 53.0. The molecule has 0 aliphatic carbocycles. The molecule has 4 N–H and O–H groups in total. The molecule has 0 aliphatic heterocycles. The van der Waals surface area contributed by atoms with Gasteiger partial charge in [-0.05, 0) is 25.7 Å². The van der Waals surface area contributed by atoms with Gasteiger partial charge in [0.15, 0.2) is 6.10 Å². The van der Waals surface area contributed by atoms with Gasteiger partial charge in [0.1, 0.15) is 19.3 Å². The topological polar surface area (TPSA) is 180 Å². The van der Waals surface area contributed by atoms with Crippen LogP contribution < -0.4 is 35.3 Å². The van der Waals surface area contributed by atoms with Gasteiger partial charge in [0.2, 0.25) is 0 Å². The largest absolute Gasteiger partial charge is 1.00 e. The van der Waals surface area contributed by atoms with Crippen molar-refractivity contribution in [2.45, 2.75) is 380 Å². The van der Waals surface area contributed by atoms with E-state index in [2.05, 4.69) is 34.6 Å².